The van der Waals surface area contributed by atoms with E-state index in [-0.39, 0.29) is 5.91 Å². The van der Waals surface area contributed by atoms with E-state index in [1.165, 1.54) is 11.3 Å². The molecule has 0 fully saturated rings. The van der Waals surface area contributed by atoms with Gasteiger partial charge in [-0.2, -0.15) is 0 Å². The summed E-state index contributed by atoms with van der Waals surface area (Å²) in [6.45, 7) is 2.56. The molecule has 2 aromatic carbocycles. The van der Waals surface area contributed by atoms with Crippen molar-refractivity contribution in [3.8, 4) is 16.3 Å². The summed E-state index contributed by atoms with van der Waals surface area (Å²) in [6, 6.07) is 14.2. The summed E-state index contributed by atoms with van der Waals surface area (Å²) < 4.78 is 5.41. The predicted octanol–water partition coefficient (Wildman–Crippen LogP) is 4.51. The Hall–Kier alpha value is -2.44. The maximum Gasteiger partial charge on any atom is 0.257 e. The highest BCUT2D eigenvalue weighted by Gasteiger charge is 2.11. The SMILES string of the molecule is CCOc1ccc(-c2nnc(NC(=O)c3ccc(Cl)cc3)s2)cc1. The van der Waals surface area contributed by atoms with Crippen LogP contribution in [0.3, 0.4) is 0 Å². The topological polar surface area (TPSA) is 64.1 Å². The van der Waals surface area contributed by atoms with Crippen LogP contribution in [-0.2, 0) is 0 Å². The fourth-order valence-electron chi connectivity index (χ4n) is 2.02. The van der Waals surface area contributed by atoms with Gasteiger partial charge in [0.15, 0.2) is 0 Å². The Morgan fingerprint density at radius 1 is 1.12 bits per heavy atom. The van der Waals surface area contributed by atoms with Crippen molar-refractivity contribution < 1.29 is 9.53 Å². The van der Waals surface area contributed by atoms with Crippen LogP contribution in [-0.4, -0.2) is 22.7 Å². The van der Waals surface area contributed by atoms with Crippen molar-refractivity contribution in [1.82, 2.24) is 10.2 Å². The number of carbonyl (C=O) groups excluding carboxylic acids is 1. The van der Waals surface area contributed by atoms with Gasteiger partial charge in [0, 0.05) is 16.1 Å². The van der Waals surface area contributed by atoms with E-state index in [0.717, 1.165) is 16.3 Å². The molecule has 0 radical (unpaired) electrons. The van der Waals surface area contributed by atoms with E-state index in [1.807, 2.05) is 31.2 Å². The van der Waals surface area contributed by atoms with Gasteiger partial charge in [0.05, 0.1) is 6.61 Å². The molecule has 0 aliphatic rings. The molecule has 1 amide bonds. The minimum absolute atomic E-state index is 0.249. The molecule has 7 heteroatoms. The zero-order valence-electron chi connectivity index (χ0n) is 12.8. The summed E-state index contributed by atoms with van der Waals surface area (Å²) in [5, 5.41) is 12.6. The summed E-state index contributed by atoms with van der Waals surface area (Å²) in [5.41, 5.74) is 1.43. The third kappa shape index (κ3) is 3.90. The molecule has 0 atom stereocenters. The van der Waals surface area contributed by atoms with Crippen LogP contribution in [0.2, 0.25) is 5.02 Å². The maximum atomic E-state index is 12.2. The summed E-state index contributed by atoms with van der Waals surface area (Å²) in [4.78, 5) is 12.2. The number of aromatic nitrogens is 2. The molecule has 122 valence electrons. The second kappa shape index (κ2) is 7.42. The van der Waals surface area contributed by atoms with Crippen LogP contribution in [0, 0.1) is 0 Å². The Morgan fingerprint density at radius 2 is 1.83 bits per heavy atom. The third-order valence-electron chi connectivity index (χ3n) is 3.16. The van der Waals surface area contributed by atoms with Crippen LogP contribution < -0.4 is 10.1 Å². The van der Waals surface area contributed by atoms with Gasteiger partial charge in [-0.25, -0.2) is 0 Å². The molecule has 24 heavy (non-hydrogen) atoms. The fourth-order valence-corrected chi connectivity index (χ4v) is 2.89. The van der Waals surface area contributed by atoms with Gasteiger partial charge in [0.1, 0.15) is 10.8 Å². The zero-order chi connectivity index (χ0) is 16.9. The second-order valence-corrected chi connectivity index (χ2v) is 6.24. The van der Waals surface area contributed by atoms with E-state index in [1.54, 1.807) is 24.3 Å². The number of rotatable bonds is 5. The molecule has 3 aromatic rings. The Balaban J connectivity index is 1.71. The number of nitrogens with zero attached hydrogens (tertiary/aromatic N) is 2. The first kappa shape index (κ1) is 16.4. The minimum Gasteiger partial charge on any atom is -0.494 e. The standard InChI is InChI=1S/C17H14ClN3O2S/c1-2-23-14-9-5-12(6-10-14)16-20-21-17(24-16)19-15(22)11-3-7-13(18)8-4-11/h3-10H,2H2,1H3,(H,19,21,22). The molecule has 0 aliphatic heterocycles. The number of anilines is 1. The summed E-state index contributed by atoms with van der Waals surface area (Å²) in [7, 11) is 0. The van der Waals surface area contributed by atoms with Gasteiger partial charge in [-0.05, 0) is 55.5 Å². The highest BCUT2D eigenvalue weighted by atomic mass is 35.5. The molecule has 5 nitrogen and oxygen atoms in total. The molecule has 0 spiro atoms. The highest BCUT2D eigenvalue weighted by molar-refractivity contribution is 7.18. The minimum atomic E-state index is -0.249. The molecular formula is C17H14ClN3O2S. The molecule has 1 heterocycles. The number of amides is 1. The van der Waals surface area contributed by atoms with E-state index >= 15 is 0 Å². The number of carbonyl (C=O) groups is 1. The van der Waals surface area contributed by atoms with Crippen LogP contribution in [0.5, 0.6) is 5.75 Å². The van der Waals surface area contributed by atoms with Crippen molar-refractivity contribution in [1.29, 1.82) is 0 Å². The van der Waals surface area contributed by atoms with Gasteiger partial charge < -0.3 is 4.74 Å². The first-order chi connectivity index (χ1) is 11.7. The highest BCUT2D eigenvalue weighted by Crippen LogP contribution is 2.28. The van der Waals surface area contributed by atoms with Gasteiger partial charge in [-0.3, -0.25) is 10.1 Å². The fraction of sp³-hybridized carbons (Fsp3) is 0.118. The van der Waals surface area contributed by atoms with E-state index < -0.39 is 0 Å². The van der Waals surface area contributed by atoms with Crippen molar-refractivity contribution >= 4 is 34.0 Å². The second-order valence-electron chi connectivity index (χ2n) is 4.83. The first-order valence-corrected chi connectivity index (χ1v) is 8.49. The lowest BCUT2D eigenvalue weighted by atomic mass is 10.2. The molecule has 1 aromatic heterocycles. The van der Waals surface area contributed by atoms with Gasteiger partial charge in [0.2, 0.25) is 5.13 Å². The van der Waals surface area contributed by atoms with Crippen LogP contribution in [0.1, 0.15) is 17.3 Å². The lowest BCUT2D eigenvalue weighted by molar-refractivity contribution is 0.102. The van der Waals surface area contributed by atoms with Crippen molar-refractivity contribution in [3.63, 3.8) is 0 Å². The molecule has 0 saturated carbocycles. The Bertz CT molecular complexity index is 832. The van der Waals surface area contributed by atoms with Crippen molar-refractivity contribution in [2.45, 2.75) is 6.92 Å². The van der Waals surface area contributed by atoms with Crippen LogP contribution in [0.15, 0.2) is 48.5 Å². The van der Waals surface area contributed by atoms with E-state index in [0.29, 0.717) is 22.3 Å². The largest absolute Gasteiger partial charge is 0.494 e. The lowest BCUT2D eigenvalue weighted by Gasteiger charge is -2.02. The third-order valence-corrected chi connectivity index (χ3v) is 4.30. The van der Waals surface area contributed by atoms with Crippen LogP contribution in [0.4, 0.5) is 5.13 Å². The molecule has 1 N–H and O–H groups in total. The molecule has 0 bridgehead atoms. The Kier molecular flexibility index (Phi) is 5.08. The van der Waals surface area contributed by atoms with E-state index in [2.05, 4.69) is 15.5 Å². The number of halogens is 1. The molecule has 0 saturated heterocycles. The average Bonchev–Trinajstić information content (AvgIpc) is 3.05. The number of hydrogen-bond acceptors (Lipinski definition) is 5. The summed E-state index contributed by atoms with van der Waals surface area (Å²) in [5.74, 6) is 0.558. The van der Waals surface area contributed by atoms with Gasteiger partial charge >= 0.3 is 0 Å². The smallest absolute Gasteiger partial charge is 0.257 e. The number of hydrogen-bond donors (Lipinski definition) is 1. The Morgan fingerprint density at radius 3 is 2.50 bits per heavy atom. The number of benzene rings is 2. The van der Waals surface area contributed by atoms with Crippen molar-refractivity contribution in [3.05, 3.63) is 59.1 Å². The number of ether oxygens (including phenoxy) is 1. The van der Waals surface area contributed by atoms with Crippen LogP contribution in [0.25, 0.3) is 10.6 Å². The first-order valence-electron chi connectivity index (χ1n) is 7.29. The monoisotopic (exact) mass is 359 g/mol. The lowest BCUT2D eigenvalue weighted by Crippen LogP contribution is -2.11. The summed E-state index contributed by atoms with van der Waals surface area (Å²) in [6.07, 6.45) is 0. The van der Waals surface area contributed by atoms with E-state index in [4.69, 9.17) is 16.3 Å². The maximum absolute atomic E-state index is 12.2. The van der Waals surface area contributed by atoms with Gasteiger partial charge in [-0.1, -0.05) is 22.9 Å². The average molecular weight is 360 g/mol. The zero-order valence-corrected chi connectivity index (χ0v) is 14.4. The van der Waals surface area contributed by atoms with Gasteiger partial charge in [0.25, 0.3) is 5.91 Å². The molecule has 0 aliphatic carbocycles. The predicted molar refractivity (Wildman–Crippen MR) is 95.9 cm³/mol. The normalized spacial score (nSPS) is 10.4. The summed E-state index contributed by atoms with van der Waals surface area (Å²) >= 11 is 7.13. The quantitative estimate of drug-likeness (QED) is 0.728. The number of nitrogens with one attached hydrogen (secondary N) is 1. The van der Waals surface area contributed by atoms with Gasteiger partial charge in [-0.15, -0.1) is 10.2 Å². The Labute approximate surface area is 148 Å². The van der Waals surface area contributed by atoms with Crippen molar-refractivity contribution in [2.75, 3.05) is 11.9 Å². The van der Waals surface area contributed by atoms with Crippen LogP contribution >= 0.6 is 22.9 Å². The van der Waals surface area contributed by atoms with E-state index in [9.17, 15) is 4.79 Å². The molecule has 3 rings (SSSR count). The van der Waals surface area contributed by atoms with Crippen molar-refractivity contribution in [2.24, 2.45) is 0 Å². The molecular weight excluding hydrogens is 346 g/mol. The molecule has 0 unspecified atom stereocenters.